The first-order valence-electron chi connectivity index (χ1n) is 6.09. The third kappa shape index (κ3) is 5.86. The fraction of sp³-hybridized carbons (Fsp3) is 0.667. The van der Waals surface area contributed by atoms with E-state index in [0.717, 1.165) is 31.6 Å². The van der Waals surface area contributed by atoms with Crippen LogP contribution < -0.4 is 10.1 Å². The molecule has 0 aliphatic heterocycles. The molecule has 0 aliphatic rings. The summed E-state index contributed by atoms with van der Waals surface area (Å²) >= 11 is 3.60. The molecule has 0 bridgehead atoms. The quantitative estimate of drug-likeness (QED) is 0.749. The van der Waals surface area contributed by atoms with Gasteiger partial charge in [-0.1, -0.05) is 29.8 Å². The minimum atomic E-state index is 0.558. The lowest BCUT2D eigenvalue weighted by Gasteiger charge is -2.09. The largest absolute Gasteiger partial charge is 0.477 e. The molecule has 1 N–H and O–H groups in total. The van der Waals surface area contributed by atoms with Crippen molar-refractivity contribution in [2.75, 3.05) is 18.5 Å². The Morgan fingerprint density at radius 3 is 2.94 bits per heavy atom. The number of halogens is 1. The molecule has 1 heterocycles. The van der Waals surface area contributed by atoms with Crippen molar-refractivity contribution in [3.63, 3.8) is 0 Å². The van der Waals surface area contributed by atoms with E-state index in [0.29, 0.717) is 17.3 Å². The third-order valence-electron chi connectivity index (χ3n) is 2.27. The third-order valence-corrected chi connectivity index (χ3v) is 3.38. The molecule has 17 heavy (non-hydrogen) atoms. The summed E-state index contributed by atoms with van der Waals surface area (Å²) in [5.74, 6) is 1.36. The molecule has 5 heteroatoms. The second-order valence-corrected chi connectivity index (χ2v) is 5.11. The van der Waals surface area contributed by atoms with E-state index in [-0.39, 0.29) is 0 Å². The smallest absolute Gasteiger partial charge is 0.234 e. The number of rotatable bonds is 8. The number of anilines is 1. The number of ether oxygens (including phenoxy) is 1. The zero-order valence-corrected chi connectivity index (χ0v) is 12.0. The Kier molecular flexibility index (Phi) is 6.93. The van der Waals surface area contributed by atoms with E-state index in [9.17, 15) is 0 Å². The number of aromatic nitrogens is 2. The maximum atomic E-state index is 5.42. The zero-order chi connectivity index (χ0) is 12.5. The van der Waals surface area contributed by atoms with E-state index in [1.807, 2.05) is 0 Å². The molecule has 96 valence electrons. The Balaban J connectivity index is 2.37. The molecule has 0 spiro atoms. The predicted molar refractivity (Wildman–Crippen MR) is 73.9 cm³/mol. The van der Waals surface area contributed by atoms with Crippen molar-refractivity contribution in [3.05, 3.63) is 12.4 Å². The SMILES string of the molecule is CCCOc1cncc(NCCC(Br)CC)n1. The average Bonchev–Trinajstić information content (AvgIpc) is 2.36. The Labute approximate surface area is 111 Å². The van der Waals surface area contributed by atoms with Crippen molar-refractivity contribution >= 4 is 21.7 Å². The molecule has 1 unspecified atom stereocenters. The van der Waals surface area contributed by atoms with Gasteiger partial charge in [0.25, 0.3) is 0 Å². The van der Waals surface area contributed by atoms with Gasteiger partial charge in [0.05, 0.1) is 19.0 Å². The standard InChI is InChI=1S/C12H20BrN3O/c1-3-7-17-12-9-14-8-11(16-12)15-6-5-10(13)4-2/h8-10H,3-7H2,1-2H3,(H,15,16). The molecule has 1 atom stereocenters. The van der Waals surface area contributed by atoms with Gasteiger partial charge in [0, 0.05) is 11.4 Å². The summed E-state index contributed by atoms with van der Waals surface area (Å²) in [6.07, 6.45) is 6.53. The fourth-order valence-corrected chi connectivity index (χ4v) is 1.50. The summed E-state index contributed by atoms with van der Waals surface area (Å²) in [7, 11) is 0. The fourth-order valence-electron chi connectivity index (χ4n) is 1.27. The van der Waals surface area contributed by atoms with Gasteiger partial charge in [0.2, 0.25) is 5.88 Å². The van der Waals surface area contributed by atoms with Crippen molar-refractivity contribution in [3.8, 4) is 5.88 Å². The van der Waals surface area contributed by atoms with E-state index in [2.05, 4.69) is 45.1 Å². The summed E-state index contributed by atoms with van der Waals surface area (Å²) in [6.45, 7) is 5.79. The molecular formula is C12H20BrN3O. The summed E-state index contributed by atoms with van der Waals surface area (Å²) in [5.41, 5.74) is 0. The van der Waals surface area contributed by atoms with Gasteiger partial charge < -0.3 is 10.1 Å². The zero-order valence-electron chi connectivity index (χ0n) is 10.4. The van der Waals surface area contributed by atoms with E-state index in [1.165, 1.54) is 0 Å². The molecule has 0 radical (unpaired) electrons. The average molecular weight is 302 g/mol. The van der Waals surface area contributed by atoms with Crippen molar-refractivity contribution in [2.24, 2.45) is 0 Å². The highest BCUT2D eigenvalue weighted by Gasteiger charge is 2.02. The highest BCUT2D eigenvalue weighted by molar-refractivity contribution is 9.09. The number of nitrogens with zero attached hydrogens (tertiary/aromatic N) is 2. The van der Waals surface area contributed by atoms with Crippen molar-refractivity contribution in [2.45, 2.75) is 37.9 Å². The minimum Gasteiger partial charge on any atom is -0.477 e. The van der Waals surface area contributed by atoms with Crippen LogP contribution in [-0.2, 0) is 0 Å². The van der Waals surface area contributed by atoms with Gasteiger partial charge in [-0.2, -0.15) is 4.98 Å². The van der Waals surface area contributed by atoms with Gasteiger partial charge in [-0.05, 0) is 19.3 Å². The molecule has 0 aromatic carbocycles. The molecule has 0 saturated carbocycles. The molecule has 0 amide bonds. The maximum Gasteiger partial charge on any atom is 0.234 e. The minimum absolute atomic E-state index is 0.558. The Morgan fingerprint density at radius 1 is 1.41 bits per heavy atom. The van der Waals surface area contributed by atoms with E-state index in [1.54, 1.807) is 12.4 Å². The van der Waals surface area contributed by atoms with Gasteiger partial charge in [0.15, 0.2) is 0 Å². The van der Waals surface area contributed by atoms with Crippen LogP contribution in [0.2, 0.25) is 0 Å². The second kappa shape index (κ2) is 8.28. The summed E-state index contributed by atoms with van der Waals surface area (Å²) in [6, 6.07) is 0. The van der Waals surface area contributed by atoms with Gasteiger partial charge >= 0.3 is 0 Å². The van der Waals surface area contributed by atoms with Crippen LogP contribution >= 0.6 is 15.9 Å². The van der Waals surface area contributed by atoms with E-state index >= 15 is 0 Å². The number of nitrogens with one attached hydrogen (secondary N) is 1. The first kappa shape index (κ1) is 14.2. The van der Waals surface area contributed by atoms with Gasteiger partial charge in [0.1, 0.15) is 5.82 Å². The van der Waals surface area contributed by atoms with Crippen LogP contribution in [0.3, 0.4) is 0 Å². The van der Waals surface area contributed by atoms with Crippen LogP contribution in [0.1, 0.15) is 33.1 Å². The Morgan fingerprint density at radius 2 is 2.24 bits per heavy atom. The number of alkyl halides is 1. The monoisotopic (exact) mass is 301 g/mol. The van der Waals surface area contributed by atoms with Crippen LogP contribution in [-0.4, -0.2) is 27.9 Å². The summed E-state index contributed by atoms with van der Waals surface area (Å²) in [5, 5.41) is 3.24. The van der Waals surface area contributed by atoms with Crippen molar-refractivity contribution in [1.29, 1.82) is 0 Å². The summed E-state index contributed by atoms with van der Waals surface area (Å²) < 4.78 is 5.42. The molecule has 1 aromatic heterocycles. The lowest BCUT2D eigenvalue weighted by Crippen LogP contribution is -2.09. The number of hydrogen-bond donors (Lipinski definition) is 1. The number of hydrogen-bond acceptors (Lipinski definition) is 4. The molecule has 0 aliphatic carbocycles. The van der Waals surface area contributed by atoms with Crippen molar-refractivity contribution < 1.29 is 4.74 Å². The van der Waals surface area contributed by atoms with Gasteiger partial charge in [-0.25, -0.2) is 0 Å². The van der Waals surface area contributed by atoms with Crippen molar-refractivity contribution in [1.82, 2.24) is 9.97 Å². The molecular weight excluding hydrogens is 282 g/mol. The van der Waals surface area contributed by atoms with E-state index in [4.69, 9.17) is 4.74 Å². The molecule has 0 fully saturated rings. The van der Waals surface area contributed by atoms with E-state index < -0.39 is 0 Å². The molecule has 4 nitrogen and oxygen atoms in total. The molecule has 1 aromatic rings. The highest BCUT2D eigenvalue weighted by atomic mass is 79.9. The Bertz CT molecular complexity index is 322. The lowest BCUT2D eigenvalue weighted by atomic mass is 10.2. The Hall–Kier alpha value is -0.840. The van der Waals surface area contributed by atoms with Crippen LogP contribution in [0.4, 0.5) is 5.82 Å². The second-order valence-electron chi connectivity index (χ2n) is 3.81. The first-order chi connectivity index (χ1) is 8.26. The van der Waals surface area contributed by atoms with Gasteiger partial charge in [-0.15, -0.1) is 0 Å². The van der Waals surface area contributed by atoms with Crippen LogP contribution in [0.5, 0.6) is 5.88 Å². The highest BCUT2D eigenvalue weighted by Crippen LogP contribution is 2.12. The normalized spacial score (nSPS) is 12.2. The van der Waals surface area contributed by atoms with Gasteiger partial charge in [-0.3, -0.25) is 4.98 Å². The topological polar surface area (TPSA) is 47.0 Å². The predicted octanol–water partition coefficient (Wildman–Crippen LogP) is 3.24. The molecule has 1 rings (SSSR count). The van der Waals surface area contributed by atoms with Crippen LogP contribution in [0.25, 0.3) is 0 Å². The van der Waals surface area contributed by atoms with Crippen LogP contribution in [0, 0.1) is 0 Å². The first-order valence-corrected chi connectivity index (χ1v) is 7.00. The molecule has 0 saturated heterocycles. The summed E-state index contributed by atoms with van der Waals surface area (Å²) in [4.78, 5) is 8.97. The van der Waals surface area contributed by atoms with Crippen LogP contribution in [0.15, 0.2) is 12.4 Å². The maximum absolute atomic E-state index is 5.42. The lowest BCUT2D eigenvalue weighted by molar-refractivity contribution is 0.304.